The topological polar surface area (TPSA) is 35.2 Å². The number of hydrogen-bond acceptors (Lipinski definition) is 2. The lowest BCUT2D eigenvalue weighted by Gasteiger charge is -2.19. The molecule has 86 valence electrons. The predicted molar refractivity (Wildman–Crippen MR) is 62.2 cm³/mol. The van der Waals surface area contributed by atoms with E-state index < -0.39 is 0 Å². The van der Waals surface area contributed by atoms with E-state index in [1.165, 1.54) is 44.9 Å². The van der Waals surface area contributed by atoms with Crippen molar-refractivity contribution in [2.45, 2.75) is 78.0 Å². The molecule has 0 saturated carbocycles. The second kappa shape index (κ2) is 9.47. The molecule has 0 aromatic rings. The highest BCUT2D eigenvalue weighted by atomic mass is 16.5. The molecule has 0 fully saturated rings. The minimum Gasteiger partial charge on any atom is -0.361 e. The SMILES string of the molecule is CCCCCC(CCCC)OC(C)N. The van der Waals surface area contributed by atoms with Crippen molar-refractivity contribution >= 4 is 0 Å². The van der Waals surface area contributed by atoms with Crippen LogP contribution >= 0.6 is 0 Å². The molecule has 0 aliphatic carbocycles. The van der Waals surface area contributed by atoms with Crippen molar-refractivity contribution in [3.63, 3.8) is 0 Å². The van der Waals surface area contributed by atoms with Crippen LogP contribution in [0, 0.1) is 0 Å². The van der Waals surface area contributed by atoms with Gasteiger partial charge in [-0.05, 0) is 19.8 Å². The Balaban J connectivity index is 3.61. The van der Waals surface area contributed by atoms with E-state index in [4.69, 9.17) is 10.5 Å². The van der Waals surface area contributed by atoms with E-state index in [0.717, 1.165) is 0 Å². The molecule has 2 heteroatoms. The Morgan fingerprint density at radius 2 is 1.57 bits per heavy atom. The second-order valence-electron chi connectivity index (χ2n) is 4.10. The van der Waals surface area contributed by atoms with Gasteiger partial charge in [-0.25, -0.2) is 0 Å². The van der Waals surface area contributed by atoms with Crippen LogP contribution in [0.5, 0.6) is 0 Å². The van der Waals surface area contributed by atoms with Gasteiger partial charge in [0, 0.05) is 0 Å². The Kier molecular flexibility index (Phi) is 9.42. The van der Waals surface area contributed by atoms with Gasteiger partial charge in [0.25, 0.3) is 0 Å². The van der Waals surface area contributed by atoms with Crippen molar-refractivity contribution in [3.8, 4) is 0 Å². The average molecular weight is 201 g/mol. The zero-order valence-electron chi connectivity index (χ0n) is 10.1. The fourth-order valence-corrected chi connectivity index (χ4v) is 1.64. The molecule has 2 nitrogen and oxygen atoms in total. The first-order valence-corrected chi connectivity index (χ1v) is 6.11. The monoisotopic (exact) mass is 201 g/mol. The Morgan fingerprint density at radius 3 is 2.07 bits per heavy atom. The maximum absolute atomic E-state index is 5.68. The van der Waals surface area contributed by atoms with Crippen LogP contribution in [0.15, 0.2) is 0 Å². The Hall–Kier alpha value is -0.0800. The summed E-state index contributed by atoms with van der Waals surface area (Å²) in [4.78, 5) is 0. The third kappa shape index (κ3) is 8.52. The molecular formula is C12H27NO. The summed E-state index contributed by atoms with van der Waals surface area (Å²) in [6, 6.07) is 0. The van der Waals surface area contributed by atoms with Crippen molar-refractivity contribution in [3.05, 3.63) is 0 Å². The van der Waals surface area contributed by atoms with Crippen molar-refractivity contribution in [1.82, 2.24) is 0 Å². The lowest BCUT2D eigenvalue weighted by molar-refractivity contribution is -0.00969. The molecule has 2 atom stereocenters. The maximum atomic E-state index is 5.68. The molecule has 0 spiro atoms. The summed E-state index contributed by atoms with van der Waals surface area (Å²) in [5, 5.41) is 0. The molecule has 0 saturated heterocycles. The van der Waals surface area contributed by atoms with Crippen LogP contribution in [0.25, 0.3) is 0 Å². The number of ether oxygens (including phenoxy) is 1. The summed E-state index contributed by atoms with van der Waals surface area (Å²) in [5.74, 6) is 0. The van der Waals surface area contributed by atoms with Crippen LogP contribution in [0.4, 0.5) is 0 Å². The summed E-state index contributed by atoms with van der Waals surface area (Å²) in [7, 11) is 0. The molecule has 0 aromatic carbocycles. The van der Waals surface area contributed by atoms with Gasteiger partial charge < -0.3 is 10.5 Å². The first-order chi connectivity index (χ1) is 6.70. The van der Waals surface area contributed by atoms with E-state index in [1.807, 2.05) is 6.92 Å². The van der Waals surface area contributed by atoms with Crippen molar-refractivity contribution < 1.29 is 4.74 Å². The molecule has 0 bridgehead atoms. The summed E-state index contributed by atoms with van der Waals surface area (Å²) >= 11 is 0. The Morgan fingerprint density at radius 1 is 1.00 bits per heavy atom. The van der Waals surface area contributed by atoms with Gasteiger partial charge in [0.05, 0.1) is 6.10 Å². The zero-order valence-corrected chi connectivity index (χ0v) is 10.1. The third-order valence-corrected chi connectivity index (χ3v) is 2.42. The normalized spacial score (nSPS) is 15.4. The van der Waals surface area contributed by atoms with E-state index in [9.17, 15) is 0 Å². The van der Waals surface area contributed by atoms with Crippen molar-refractivity contribution in [1.29, 1.82) is 0 Å². The first-order valence-electron chi connectivity index (χ1n) is 6.11. The molecular weight excluding hydrogens is 174 g/mol. The summed E-state index contributed by atoms with van der Waals surface area (Å²) in [6.07, 6.45) is 8.98. The summed E-state index contributed by atoms with van der Waals surface area (Å²) < 4.78 is 5.68. The average Bonchev–Trinajstić information content (AvgIpc) is 2.13. The van der Waals surface area contributed by atoms with Gasteiger partial charge in [-0.15, -0.1) is 0 Å². The van der Waals surface area contributed by atoms with Gasteiger partial charge >= 0.3 is 0 Å². The van der Waals surface area contributed by atoms with Crippen LogP contribution < -0.4 is 5.73 Å². The van der Waals surface area contributed by atoms with E-state index >= 15 is 0 Å². The lowest BCUT2D eigenvalue weighted by Crippen LogP contribution is -2.26. The van der Waals surface area contributed by atoms with Gasteiger partial charge in [0.15, 0.2) is 0 Å². The fourth-order valence-electron chi connectivity index (χ4n) is 1.64. The van der Waals surface area contributed by atoms with Gasteiger partial charge in [-0.2, -0.15) is 0 Å². The molecule has 0 heterocycles. The molecule has 0 aliphatic rings. The fraction of sp³-hybridized carbons (Fsp3) is 1.00. The minimum atomic E-state index is -0.113. The zero-order chi connectivity index (χ0) is 10.8. The highest BCUT2D eigenvalue weighted by Crippen LogP contribution is 2.14. The smallest absolute Gasteiger partial charge is 0.103 e. The van der Waals surface area contributed by atoms with Crippen LogP contribution in [0.1, 0.15) is 65.7 Å². The Labute approximate surface area is 89.2 Å². The Bertz CT molecular complexity index is 115. The number of unbranched alkanes of at least 4 members (excludes halogenated alkanes) is 3. The molecule has 2 N–H and O–H groups in total. The van der Waals surface area contributed by atoms with Crippen molar-refractivity contribution in [2.24, 2.45) is 5.73 Å². The second-order valence-corrected chi connectivity index (χ2v) is 4.10. The lowest BCUT2D eigenvalue weighted by atomic mass is 10.1. The molecule has 0 radical (unpaired) electrons. The van der Waals surface area contributed by atoms with Crippen molar-refractivity contribution in [2.75, 3.05) is 0 Å². The standard InChI is InChI=1S/C12H27NO/c1-4-6-8-10-12(9-7-5-2)14-11(3)13/h11-12H,4-10,13H2,1-3H3. The molecule has 14 heavy (non-hydrogen) atoms. The summed E-state index contributed by atoms with van der Waals surface area (Å²) in [5.41, 5.74) is 5.65. The van der Waals surface area contributed by atoms with Crippen LogP contribution in [-0.2, 0) is 4.74 Å². The van der Waals surface area contributed by atoms with Crippen LogP contribution in [0.2, 0.25) is 0 Å². The number of nitrogens with two attached hydrogens (primary N) is 1. The molecule has 2 unspecified atom stereocenters. The van der Waals surface area contributed by atoms with E-state index in [0.29, 0.717) is 6.10 Å². The molecule has 0 rings (SSSR count). The quantitative estimate of drug-likeness (QED) is 0.458. The molecule has 0 aliphatic heterocycles. The number of rotatable bonds is 9. The third-order valence-electron chi connectivity index (χ3n) is 2.42. The molecule has 0 amide bonds. The largest absolute Gasteiger partial charge is 0.361 e. The van der Waals surface area contributed by atoms with E-state index in [2.05, 4.69) is 13.8 Å². The minimum absolute atomic E-state index is 0.113. The first kappa shape index (κ1) is 13.9. The maximum Gasteiger partial charge on any atom is 0.103 e. The highest BCUT2D eigenvalue weighted by molar-refractivity contribution is 4.59. The predicted octanol–water partition coefficient (Wildman–Crippen LogP) is 3.45. The van der Waals surface area contributed by atoms with Gasteiger partial charge in [-0.3, -0.25) is 0 Å². The van der Waals surface area contributed by atoms with Crippen LogP contribution in [-0.4, -0.2) is 12.3 Å². The van der Waals surface area contributed by atoms with Crippen LogP contribution in [0.3, 0.4) is 0 Å². The van der Waals surface area contributed by atoms with Gasteiger partial charge in [-0.1, -0.05) is 46.0 Å². The van der Waals surface area contributed by atoms with Gasteiger partial charge in [0.1, 0.15) is 6.23 Å². The number of hydrogen-bond donors (Lipinski definition) is 1. The molecule has 0 aromatic heterocycles. The summed E-state index contributed by atoms with van der Waals surface area (Å²) in [6.45, 7) is 6.36. The van der Waals surface area contributed by atoms with E-state index in [-0.39, 0.29) is 6.23 Å². The van der Waals surface area contributed by atoms with Gasteiger partial charge in [0.2, 0.25) is 0 Å². The highest BCUT2D eigenvalue weighted by Gasteiger charge is 2.09. The van der Waals surface area contributed by atoms with E-state index in [1.54, 1.807) is 0 Å².